The standard InChI is InChI=1S/C15H21NO/c1-12(7-5-6-10-17)14-11-16(2)15-9-4-3-8-13(14)15/h3-4,8-9,11-12,17H,5-7,10H2,1-2H3. The first-order valence-corrected chi connectivity index (χ1v) is 6.39. The summed E-state index contributed by atoms with van der Waals surface area (Å²) >= 11 is 0. The van der Waals surface area contributed by atoms with E-state index < -0.39 is 0 Å². The normalized spacial score (nSPS) is 13.1. The number of aryl methyl sites for hydroxylation is 1. The van der Waals surface area contributed by atoms with Crippen LogP contribution in [0.25, 0.3) is 10.9 Å². The van der Waals surface area contributed by atoms with Gasteiger partial charge in [0, 0.05) is 30.8 Å². The van der Waals surface area contributed by atoms with Gasteiger partial charge in [0.05, 0.1) is 0 Å². The Hall–Kier alpha value is -1.28. The summed E-state index contributed by atoms with van der Waals surface area (Å²) in [5.41, 5.74) is 2.73. The van der Waals surface area contributed by atoms with Crippen LogP contribution in [0.1, 0.15) is 37.7 Å². The average molecular weight is 231 g/mol. The molecule has 0 saturated heterocycles. The van der Waals surface area contributed by atoms with Crippen molar-refractivity contribution in [2.75, 3.05) is 6.61 Å². The molecule has 0 bridgehead atoms. The van der Waals surface area contributed by atoms with E-state index in [4.69, 9.17) is 5.11 Å². The molecule has 0 spiro atoms. The van der Waals surface area contributed by atoms with Crippen LogP contribution in [0.5, 0.6) is 0 Å². The van der Waals surface area contributed by atoms with E-state index in [2.05, 4.69) is 49.0 Å². The highest BCUT2D eigenvalue weighted by atomic mass is 16.2. The SMILES string of the molecule is CC(CCCCO)c1cn(C)c2ccccc12. The average Bonchev–Trinajstić information content (AvgIpc) is 2.68. The molecule has 2 aromatic rings. The molecule has 17 heavy (non-hydrogen) atoms. The first kappa shape index (κ1) is 12.2. The Kier molecular flexibility index (Phi) is 3.85. The molecule has 0 aliphatic carbocycles. The number of para-hydroxylation sites is 1. The number of benzene rings is 1. The maximum Gasteiger partial charge on any atom is 0.0480 e. The molecule has 0 saturated carbocycles. The maximum atomic E-state index is 8.82. The summed E-state index contributed by atoms with van der Waals surface area (Å²) in [4.78, 5) is 0. The highest BCUT2D eigenvalue weighted by Gasteiger charge is 2.12. The van der Waals surface area contributed by atoms with Crippen molar-refractivity contribution in [1.29, 1.82) is 0 Å². The van der Waals surface area contributed by atoms with E-state index in [1.165, 1.54) is 16.5 Å². The quantitative estimate of drug-likeness (QED) is 0.783. The van der Waals surface area contributed by atoms with Gasteiger partial charge in [-0.05, 0) is 30.4 Å². The molecule has 2 rings (SSSR count). The summed E-state index contributed by atoms with van der Waals surface area (Å²) in [5, 5.41) is 10.2. The monoisotopic (exact) mass is 231 g/mol. The first-order chi connectivity index (χ1) is 8.24. The molecule has 1 atom stereocenters. The van der Waals surface area contributed by atoms with Crippen LogP contribution in [-0.2, 0) is 7.05 Å². The van der Waals surface area contributed by atoms with Gasteiger partial charge in [-0.25, -0.2) is 0 Å². The van der Waals surface area contributed by atoms with Crippen molar-refractivity contribution in [3.8, 4) is 0 Å². The van der Waals surface area contributed by atoms with Crippen LogP contribution in [0.2, 0.25) is 0 Å². The van der Waals surface area contributed by atoms with Crippen LogP contribution in [-0.4, -0.2) is 16.3 Å². The molecule has 1 heterocycles. The molecule has 92 valence electrons. The molecule has 0 aliphatic rings. The van der Waals surface area contributed by atoms with E-state index in [1.807, 2.05) is 0 Å². The van der Waals surface area contributed by atoms with Gasteiger partial charge in [0.15, 0.2) is 0 Å². The molecular weight excluding hydrogens is 210 g/mol. The fraction of sp³-hybridized carbons (Fsp3) is 0.467. The lowest BCUT2D eigenvalue weighted by Crippen LogP contribution is -1.94. The molecule has 1 unspecified atom stereocenters. The smallest absolute Gasteiger partial charge is 0.0480 e. The van der Waals surface area contributed by atoms with Crippen LogP contribution in [0.4, 0.5) is 0 Å². The largest absolute Gasteiger partial charge is 0.396 e. The highest BCUT2D eigenvalue weighted by Crippen LogP contribution is 2.29. The minimum absolute atomic E-state index is 0.308. The number of nitrogens with zero attached hydrogens (tertiary/aromatic N) is 1. The third-order valence-electron chi connectivity index (χ3n) is 3.50. The van der Waals surface area contributed by atoms with Crippen LogP contribution in [0, 0.1) is 0 Å². The Labute approximate surface area is 103 Å². The Bertz CT molecular complexity index is 487. The maximum absolute atomic E-state index is 8.82. The van der Waals surface area contributed by atoms with Crippen molar-refractivity contribution in [3.63, 3.8) is 0 Å². The lowest BCUT2D eigenvalue weighted by molar-refractivity contribution is 0.281. The molecule has 0 aliphatic heterocycles. The van der Waals surface area contributed by atoms with Crippen LogP contribution in [0.15, 0.2) is 30.5 Å². The number of hydrogen-bond donors (Lipinski definition) is 1. The summed E-state index contributed by atoms with van der Waals surface area (Å²) in [6.07, 6.45) is 5.40. The zero-order valence-corrected chi connectivity index (χ0v) is 10.7. The van der Waals surface area contributed by atoms with Crippen molar-refractivity contribution >= 4 is 10.9 Å². The van der Waals surface area contributed by atoms with Crippen LogP contribution < -0.4 is 0 Å². The molecule has 2 nitrogen and oxygen atoms in total. The molecule has 0 amide bonds. The number of rotatable bonds is 5. The summed E-state index contributed by atoms with van der Waals surface area (Å²) in [7, 11) is 2.10. The second kappa shape index (κ2) is 5.37. The first-order valence-electron chi connectivity index (χ1n) is 6.39. The van der Waals surface area contributed by atoms with Crippen molar-refractivity contribution in [2.45, 2.75) is 32.1 Å². The topological polar surface area (TPSA) is 25.2 Å². The Balaban J connectivity index is 2.23. The van der Waals surface area contributed by atoms with E-state index in [1.54, 1.807) is 0 Å². The Morgan fingerprint density at radius 2 is 2.00 bits per heavy atom. The molecular formula is C15H21NO. The van der Waals surface area contributed by atoms with E-state index >= 15 is 0 Å². The van der Waals surface area contributed by atoms with Crippen molar-refractivity contribution in [2.24, 2.45) is 7.05 Å². The van der Waals surface area contributed by atoms with Crippen LogP contribution in [0.3, 0.4) is 0 Å². The molecule has 1 N–H and O–H groups in total. The number of aliphatic hydroxyl groups is 1. The summed E-state index contributed by atoms with van der Waals surface area (Å²) in [6.45, 7) is 2.58. The summed E-state index contributed by atoms with van der Waals surface area (Å²) in [6, 6.07) is 8.56. The van der Waals surface area contributed by atoms with Gasteiger partial charge in [-0.15, -0.1) is 0 Å². The number of unbranched alkanes of at least 4 members (excludes halogenated alkanes) is 1. The van der Waals surface area contributed by atoms with Gasteiger partial charge >= 0.3 is 0 Å². The minimum atomic E-state index is 0.308. The van der Waals surface area contributed by atoms with Gasteiger partial charge in [0.1, 0.15) is 0 Å². The lowest BCUT2D eigenvalue weighted by atomic mass is 9.95. The van der Waals surface area contributed by atoms with E-state index in [-0.39, 0.29) is 0 Å². The number of fused-ring (bicyclic) bond motifs is 1. The van der Waals surface area contributed by atoms with Gasteiger partial charge in [-0.2, -0.15) is 0 Å². The lowest BCUT2D eigenvalue weighted by Gasteiger charge is -2.09. The van der Waals surface area contributed by atoms with Crippen molar-refractivity contribution in [1.82, 2.24) is 4.57 Å². The number of hydrogen-bond acceptors (Lipinski definition) is 1. The fourth-order valence-electron chi connectivity index (χ4n) is 2.48. The van der Waals surface area contributed by atoms with E-state index in [0.29, 0.717) is 12.5 Å². The van der Waals surface area contributed by atoms with E-state index in [9.17, 15) is 0 Å². The number of aliphatic hydroxyl groups excluding tert-OH is 1. The molecule has 2 heteroatoms. The van der Waals surface area contributed by atoms with Gasteiger partial charge in [0.25, 0.3) is 0 Å². The van der Waals surface area contributed by atoms with Gasteiger partial charge in [0.2, 0.25) is 0 Å². The summed E-state index contributed by atoms with van der Waals surface area (Å²) < 4.78 is 2.20. The predicted octanol–water partition coefficient (Wildman–Crippen LogP) is 3.44. The zero-order chi connectivity index (χ0) is 12.3. The van der Waals surface area contributed by atoms with Gasteiger partial charge < -0.3 is 9.67 Å². The third-order valence-corrected chi connectivity index (χ3v) is 3.50. The number of aromatic nitrogens is 1. The van der Waals surface area contributed by atoms with E-state index in [0.717, 1.165) is 19.3 Å². The molecule has 0 radical (unpaired) electrons. The second-order valence-corrected chi connectivity index (χ2v) is 4.83. The predicted molar refractivity (Wildman–Crippen MR) is 72.3 cm³/mol. The second-order valence-electron chi connectivity index (χ2n) is 4.83. The zero-order valence-electron chi connectivity index (χ0n) is 10.7. The fourth-order valence-corrected chi connectivity index (χ4v) is 2.48. The van der Waals surface area contributed by atoms with Gasteiger partial charge in [-0.1, -0.05) is 31.5 Å². The molecule has 0 fully saturated rings. The summed E-state index contributed by atoms with van der Waals surface area (Å²) in [5.74, 6) is 0.563. The van der Waals surface area contributed by atoms with Crippen molar-refractivity contribution in [3.05, 3.63) is 36.0 Å². The minimum Gasteiger partial charge on any atom is -0.396 e. The van der Waals surface area contributed by atoms with Crippen molar-refractivity contribution < 1.29 is 5.11 Å². The Morgan fingerprint density at radius 1 is 1.24 bits per heavy atom. The highest BCUT2D eigenvalue weighted by molar-refractivity contribution is 5.84. The Morgan fingerprint density at radius 3 is 2.76 bits per heavy atom. The van der Waals surface area contributed by atoms with Crippen LogP contribution >= 0.6 is 0 Å². The van der Waals surface area contributed by atoms with Gasteiger partial charge in [-0.3, -0.25) is 0 Å². The molecule has 1 aromatic heterocycles. The third kappa shape index (κ3) is 2.52. The molecule has 1 aromatic carbocycles.